The van der Waals surface area contributed by atoms with Gasteiger partial charge in [-0.15, -0.1) is 0 Å². The molecular formula is C16H18O2. The van der Waals surface area contributed by atoms with Gasteiger partial charge in [0.25, 0.3) is 0 Å². The Kier molecular flexibility index (Phi) is 3.68. The summed E-state index contributed by atoms with van der Waals surface area (Å²) in [5.74, 6) is 0.0854. The summed E-state index contributed by atoms with van der Waals surface area (Å²) in [7, 11) is 0. The highest BCUT2D eigenvalue weighted by molar-refractivity contribution is 5.48. The summed E-state index contributed by atoms with van der Waals surface area (Å²) in [5.41, 5.74) is 3.87. The maximum Gasteiger partial charge on any atom is 0.120 e. The molecule has 2 aromatic rings. The molecule has 94 valence electrons. The Labute approximate surface area is 108 Å². The fourth-order valence-electron chi connectivity index (χ4n) is 2.46. The molecule has 2 rings (SSSR count). The third kappa shape index (κ3) is 2.39. The molecule has 2 aromatic carbocycles. The van der Waals surface area contributed by atoms with Crippen LogP contribution in [-0.2, 0) is 0 Å². The van der Waals surface area contributed by atoms with Crippen molar-refractivity contribution in [3.05, 3.63) is 64.7 Å². The monoisotopic (exact) mass is 242 g/mol. The first-order valence-electron chi connectivity index (χ1n) is 6.09. The SMILES string of the molecule is Cc1cc(C)c([C@@H](CO)c2ccccc2)c(O)c1. The standard InChI is InChI=1S/C16H18O2/c1-11-8-12(2)16(15(18)9-11)14(10-17)13-6-4-3-5-7-13/h3-9,14,17-18H,10H2,1-2H3/t14-/m0/s1. The Morgan fingerprint density at radius 1 is 1.06 bits per heavy atom. The van der Waals surface area contributed by atoms with E-state index in [4.69, 9.17) is 0 Å². The van der Waals surface area contributed by atoms with Crippen LogP contribution in [0, 0.1) is 13.8 Å². The number of hydrogen-bond acceptors (Lipinski definition) is 2. The van der Waals surface area contributed by atoms with Crippen LogP contribution in [0.25, 0.3) is 0 Å². The van der Waals surface area contributed by atoms with Gasteiger partial charge in [-0.25, -0.2) is 0 Å². The van der Waals surface area contributed by atoms with Crippen LogP contribution in [-0.4, -0.2) is 16.8 Å². The van der Waals surface area contributed by atoms with E-state index in [0.29, 0.717) is 0 Å². The molecular weight excluding hydrogens is 224 g/mol. The van der Waals surface area contributed by atoms with Crippen molar-refractivity contribution >= 4 is 0 Å². The van der Waals surface area contributed by atoms with Crippen molar-refractivity contribution in [3.8, 4) is 5.75 Å². The van der Waals surface area contributed by atoms with Crippen LogP contribution in [0.2, 0.25) is 0 Å². The second-order valence-electron chi connectivity index (χ2n) is 4.66. The molecule has 0 radical (unpaired) electrons. The van der Waals surface area contributed by atoms with Gasteiger partial charge >= 0.3 is 0 Å². The number of phenolic OH excluding ortho intramolecular Hbond substituents is 1. The summed E-state index contributed by atoms with van der Waals surface area (Å²) in [5, 5.41) is 19.8. The predicted octanol–water partition coefficient (Wildman–Crippen LogP) is 3.13. The first-order valence-corrected chi connectivity index (χ1v) is 6.09. The minimum atomic E-state index is -0.174. The minimum Gasteiger partial charge on any atom is -0.508 e. The second kappa shape index (κ2) is 5.23. The maximum atomic E-state index is 10.1. The lowest BCUT2D eigenvalue weighted by Crippen LogP contribution is -2.08. The highest BCUT2D eigenvalue weighted by Crippen LogP contribution is 2.34. The van der Waals surface area contributed by atoms with Crippen LogP contribution in [0.1, 0.15) is 28.2 Å². The Bertz CT molecular complexity index is 509. The fourth-order valence-corrected chi connectivity index (χ4v) is 2.46. The number of hydrogen-bond donors (Lipinski definition) is 2. The molecule has 0 saturated heterocycles. The molecule has 1 atom stereocenters. The van der Waals surface area contributed by atoms with Crippen LogP contribution in [0.15, 0.2) is 42.5 Å². The van der Waals surface area contributed by atoms with Gasteiger partial charge in [0.2, 0.25) is 0 Å². The molecule has 0 aliphatic carbocycles. The number of phenols is 1. The lowest BCUT2D eigenvalue weighted by Gasteiger charge is -2.19. The molecule has 0 bridgehead atoms. The molecule has 0 spiro atoms. The normalized spacial score (nSPS) is 12.4. The van der Waals surface area contributed by atoms with E-state index in [0.717, 1.165) is 22.3 Å². The van der Waals surface area contributed by atoms with Gasteiger partial charge in [-0.2, -0.15) is 0 Å². The molecule has 0 aliphatic heterocycles. The lowest BCUT2D eigenvalue weighted by molar-refractivity contribution is 0.277. The quantitative estimate of drug-likeness (QED) is 0.868. The number of aliphatic hydroxyl groups is 1. The van der Waals surface area contributed by atoms with Crippen LogP contribution >= 0.6 is 0 Å². The molecule has 0 heterocycles. The van der Waals surface area contributed by atoms with Gasteiger partial charge in [-0.05, 0) is 36.6 Å². The molecule has 0 fully saturated rings. The second-order valence-corrected chi connectivity index (χ2v) is 4.66. The van der Waals surface area contributed by atoms with Crippen LogP contribution in [0.3, 0.4) is 0 Å². The van der Waals surface area contributed by atoms with E-state index in [9.17, 15) is 10.2 Å². The van der Waals surface area contributed by atoms with E-state index < -0.39 is 0 Å². The van der Waals surface area contributed by atoms with Gasteiger partial charge in [0.05, 0.1) is 6.61 Å². The molecule has 2 N–H and O–H groups in total. The van der Waals surface area contributed by atoms with E-state index >= 15 is 0 Å². The van der Waals surface area contributed by atoms with Crippen molar-refractivity contribution in [1.29, 1.82) is 0 Å². The van der Waals surface area contributed by atoms with Gasteiger partial charge in [0.1, 0.15) is 5.75 Å². The molecule has 2 heteroatoms. The number of aromatic hydroxyl groups is 1. The van der Waals surface area contributed by atoms with Gasteiger partial charge in [0, 0.05) is 11.5 Å². The van der Waals surface area contributed by atoms with Crippen molar-refractivity contribution in [1.82, 2.24) is 0 Å². The first kappa shape index (κ1) is 12.7. The summed E-state index contributed by atoms with van der Waals surface area (Å²) < 4.78 is 0. The van der Waals surface area contributed by atoms with Crippen molar-refractivity contribution in [3.63, 3.8) is 0 Å². The number of aliphatic hydroxyl groups excluding tert-OH is 1. The molecule has 0 amide bonds. The zero-order valence-electron chi connectivity index (χ0n) is 10.7. The topological polar surface area (TPSA) is 40.5 Å². The third-order valence-electron chi connectivity index (χ3n) is 3.24. The molecule has 0 saturated carbocycles. The zero-order valence-corrected chi connectivity index (χ0v) is 10.7. The van der Waals surface area contributed by atoms with E-state index in [1.807, 2.05) is 50.2 Å². The van der Waals surface area contributed by atoms with E-state index in [-0.39, 0.29) is 18.3 Å². The summed E-state index contributed by atoms with van der Waals surface area (Å²) in [4.78, 5) is 0. The molecule has 0 aliphatic rings. The number of rotatable bonds is 3. The largest absolute Gasteiger partial charge is 0.508 e. The van der Waals surface area contributed by atoms with Gasteiger partial charge in [-0.3, -0.25) is 0 Å². The van der Waals surface area contributed by atoms with Crippen molar-refractivity contribution in [2.45, 2.75) is 19.8 Å². The summed E-state index contributed by atoms with van der Waals surface area (Å²) in [6, 6.07) is 13.5. The molecule has 0 aromatic heterocycles. The molecule has 18 heavy (non-hydrogen) atoms. The number of benzene rings is 2. The average Bonchev–Trinajstić information content (AvgIpc) is 2.34. The van der Waals surface area contributed by atoms with Crippen molar-refractivity contribution < 1.29 is 10.2 Å². The highest BCUT2D eigenvalue weighted by atomic mass is 16.3. The summed E-state index contributed by atoms with van der Waals surface area (Å²) in [6.45, 7) is 3.90. The van der Waals surface area contributed by atoms with Crippen LogP contribution in [0.4, 0.5) is 0 Å². The van der Waals surface area contributed by atoms with E-state index in [1.54, 1.807) is 6.07 Å². The smallest absolute Gasteiger partial charge is 0.120 e. The Balaban J connectivity index is 2.52. The van der Waals surface area contributed by atoms with E-state index in [1.165, 1.54) is 0 Å². The maximum absolute atomic E-state index is 10.1. The van der Waals surface area contributed by atoms with Gasteiger partial charge in [0.15, 0.2) is 0 Å². The average molecular weight is 242 g/mol. The van der Waals surface area contributed by atoms with Crippen molar-refractivity contribution in [2.24, 2.45) is 0 Å². The number of aryl methyl sites for hydroxylation is 2. The zero-order chi connectivity index (χ0) is 13.1. The Morgan fingerprint density at radius 3 is 2.28 bits per heavy atom. The van der Waals surface area contributed by atoms with Gasteiger partial charge in [-0.1, -0.05) is 36.4 Å². The fraction of sp³-hybridized carbons (Fsp3) is 0.250. The molecule has 2 nitrogen and oxygen atoms in total. The first-order chi connectivity index (χ1) is 8.63. The summed E-state index contributed by atoms with van der Waals surface area (Å²) >= 11 is 0. The molecule has 0 unspecified atom stereocenters. The third-order valence-corrected chi connectivity index (χ3v) is 3.24. The Morgan fingerprint density at radius 2 is 1.72 bits per heavy atom. The Hall–Kier alpha value is -1.80. The predicted molar refractivity (Wildman–Crippen MR) is 73.0 cm³/mol. The van der Waals surface area contributed by atoms with Crippen LogP contribution < -0.4 is 0 Å². The lowest BCUT2D eigenvalue weighted by atomic mass is 9.87. The highest BCUT2D eigenvalue weighted by Gasteiger charge is 2.19. The van der Waals surface area contributed by atoms with E-state index in [2.05, 4.69) is 0 Å². The van der Waals surface area contributed by atoms with Crippen LogP contribution in [0.5, 0.6) is 5.75 Å². The van der Waals surface area contributed by atoms with Crippen molar-refractivity contribution in [2.75, 3.05) is 6.61 Å². The van der Waals surface area contributed by atoms with Gasteiger partial charge < -0.3 is 10.2 Å². The minimum absolute atomic E-state index is 0.0124. The summed E-state index contributed by atoms with van der Waals surface area (Å²) in [6.07, 6.45) is 0.